The van der Waals surface area contributed by atoms with Gasteiger partial charge in [-0.15, -0.1) is 0 Å². The fourth-order valence-corrected chi connectivity index (χ4v) is 3.14. The summed E-state index contributed by atoms with van der Waals surface area (Å²) in [6.07, 6.45) is 0. The number of benzene rings is 2. The second-order valence-electron chi connectivity index (χ2n) is 6.07. The number of carbonyl (C=O) groups is 2. The number of alkyl halides is 2. The second kappa shape index (κ2) is 6.22. The first-order valence-corrected chi connectivity index (χ1v) is 8.04. The highest BCUT2D eigenvalue weighted by Crippen LogP contribution is 2.37. The van der Waals surface area contributed by atoms with Crippen LogP contribution in [0.1, 0.15) is 22.3 Å². The predicted molar refractivity (Wildman–Crippen MR) is 92.6 cm³/mol. The van der Waals surface area contributed by atoms with E-state index in [-0.39, 0.29) is 23.0 Å². The lowest BCUT2D eigenvalue weighted by atomic mass is 10.0. The maximum atomic E-state index is 12.7. The van der Waals surface area contributed by atoms with Crippen LogP contribution in [0, 0.1) is 0 Å². The molecule has 0 fully saturated rings. The summed E-state index contributed by atoms with van der Waals surface area (Å²) < 4.78 is 25.4. The van der Waals surface area contributed by atoms with Crippen LogP contribution < -0.4 is 10.6 Å². The van der Waals surface area contributed by atoms with Crippen LogP contribution in [0.25, 0.3) is 11.4 Å². The first-order valence-electron chi connectivity index (χ1n) is 8.04. The van der Waals surface area contributed by atoms with Crippen molar-refractivity contribution in [2.75, 3.05) is 0 Å². The highest BCUT2D eigenvalue weighted by Gasteiger charge is 2.40. The smallest absolute Gasteiger partial charge is 0.258 e. The molecule has 0 atom stereocenters. The molecule has 26 heavy (non-hydrogen) atoms. The number of halogens is 2. The summed E-state index contributed by atoms with van der Waals surface area (Å²) in [6.45, 7) is -1.16. The second-order valence-corrected chi connectivity index (χ2v) is 6.07. The van der Waals surface area contributed by atoms with Gasteiger partial charge in [0, 0.05) is 0 Å². The van der Waals surface area contributed by atoms with E-state index in [4.69, 9.17) is 0 Å². The zero-order chi connectivity index (χ0) is 18.3. The monoisotopic (exact) mass is 352 g/mol. The van der Waals surface area contributed by atoms with Gasteiger partial charge in [-0.1, -0.05) is 48.5 Å². The van der Waals surface area contributed by atoms with Crippen molar-refractivity contribution in [2.24, 2.45) is 0 Å². The summed E-state index contributed by atoms with van der Waals surface area (Å²) in [6, 6.07) is 13.1. The summed E-state index contributed by atoms with van der Waals surface area (Å²) in [5, 5.41) is 5.46. The molecule has 4 rings (SSSR count). The Balaban J connectivity index is 1.81. The number of rotatable bonds is 4. The topological polar surface area (TPSA) is 58.2 Å². The summed E-state index contributed by atoms with van der Waals surface area (Å²) in [5.41, 5.74) is 3.65. The molecule has 0 aromatic heterocycles. The number of hydrogen-bond donors (Lipinski definition) is 2. The number of fused-ring (bicyclic) bond motifs is 1. The van der Waals surface area contributed by atoms with Gasteiger partial charge in [-0.25, -0.2) is 8.78 Å². The van der Waals surface area contributed by atoms with E-state index in [9.17, 15) is 18.4 Å². The summed E-state index contributed by atoms with van der Waals surface area (Å²) in [7, 11) is 0. The Morgan fingerprint density at radius 3 is 1.27 bits per heavy atom. The van der Waals surface area contributed by atoms with E-state index in [1.807, 2.05) is 0 Å². The Hall–Kier alpha value is -3.28. The van der Waals surface area contributed by atoms with E-state index in [1.165, 1.54) is 0 Å². The zero-order valence-corrected chi connectivity index (χ0v) is 13.6. The van der Waals surface area contributed by atoms with Gasteiger partial charge in [0.1, 0.15) is 13.3 Å². The maximum absolute atomic E-state index is 12.7. The molecule has 130 valence electrons. The molecule has 2 aliphatic rings. The Morgan fingerprint density at radius 1 is 0.615 bits per heavy atom. The zero-order valence-electron chi connectivity index (χ0n) is 13.6. The lowest BCUT2D eigenvalue weighted by molar-refractivity contribution is -0.117. The minimum absolute atomic E-state index is 0.271. The van der Waals surface area contributed by atoms with Crippen molar-refractivity contribution < 1.29 is 18.4 Å². The molecule has 0 spiro atoms. The first-order chi connectivity index (χ1) is 12.6. The quantitative estimate of drug-likeness (QED) is 0.889. The van der Waals surface area contributed by atoms with Gasteiger partial charge in [0.05, 0.1) is 22.5 Å². The van der Waals surface area contributed by atoms with Gasteiger partial charge in [0.25, 0.3) is 11.8 Å². The van der Waals surface area contributed by atoms with Gasteiger partial charge in [0.15, 0.2) is 0 Å². The van der Waals surface area contributed by atoms with E-state index in [0.29, 0.717) is 33.6 Å². The van der Waals surface area contributed by atoms with Crippen LogP contribution in [-0.2, 0) is 22.9 Å². The Kier molecular flexibility index (Phi) is 3.88. The fraction of sp³-hybridized carbons (Fsp3) is 0.100. The van der Waals surface area contributed by atoms with Crippen molar-refractivity contribution >= 4 is 23.2 Å². The van der Waals surface area contributed by atoms with Crippen molar-refractivity contribution in [1.29, 1.82) is 0 Å². The molecule has 2 aromatic carbocycles. The molecule has 2 N–H and O–H groups in total. The fourth-order valence-electron chi connectivity index (χ4n) is 3.14. The molecule has 6 heteroatoms. The van der Waals surface area contributed by atoms with Gasteiger partial charge in [-0.3, -0.25) is 9.59 Å². The van der Waals surface area contributed by atoms with Crippen LogP contribution in [0.2, 0.25) is 0 Å². The molecule has 0 bridgehead atoms. The van der Waals surface area contributed by atoms with Crippen molar-refractivity contribution in [1.82, 2.24) is 10.6 Å². The summed E-state index contributed by atoms with van der Waals surface area (Å²) >= 11 is 0. The van der Waals surface area contributed by atoms with Crippen LogP contribution in [0.4, 0.5) is 8.78 Å². The molecule has 0 unspecified atom stereocenters. The van der Waals surface area contributed by atoms with Crippen LogP contribution >= 0.6 is 0 Å². The lowest BCUT2D eigenvalue weighted by Gasteiger charge is -2.08. The standard InChI is InChI=1S/C20H14F2N2O2/c21-9-11-1-5-13(6-2-11)17-15-16(20(26)23-17)18(24-19(15)25)14-7-3-12(10-22)4-8-14/h1-8H,9-10H2,(H,23,26)(H,24,25). The Morgan fingerprint density at radius 2 is 0.962 bits per heavy atom. The average Bonchev–Trinajstić information content (AvgIpc) is 3.21. The number of hydrogen-bond acceptors (Lipinski definition) is 2. The highest BCUT2D eigenvalue weighted by atomic mass is 19.1. The number of nitrogens with one attached hydrogen (secondary N) is 2. The summed E-state index contributed by atoms with van der Waals surface area (Å²) in [5.74, 6) is -0.764. The molecule has 2 amide bonds. The van der Waals surface area contributed by atoms with E-state index < -0.39 is 13.3 Å². The molecule has 4 nitrogen and oxygen atoms in total. The Bertz CT molecular complexity index is 892. The third-order valence-corrected chi connectivity index (χ3v) is 4.48. The third kappa shape index (κ3) is 2.50. The highest BCUT2D eigenvalue weighted by molar-refractivity contribution is 6.30. The maximum Gasteiger partial charge on any atom is 0.258 e. The van der Waals surface area contributed by atoms with E-state index in [1.54, 1.807) is 48.5 Å². The van der Waals surface area contributed by atoms with E-state index in [0.717, 1.165) is 0 Å². The molecule has 2 aromatic rings. The first kappa shape index (κ1) is 16.2. The third-order valence-electron chi connectivity index (χ3n) is 4.48. The minimum atomic E-state index is -0.580. The van der Waals surface area contributed by atoms with Crippen molar-refractivity contribution in [3.05, 3.63) is 81.9 Å². The molecule has 2 heterocycles. The number of amides is 2. The number of carbonyl (C=O) groups excluding carboxylic acids is 2. The molecule has 0 saturated heterocycles. The molecular weight excluding hydrogens is 338 g/mol. The van der Waals surface area contributed by atoms with Gasteiger partial charge < -0.3 is 10.6 Å². The normalized spacial score (nSPS) is 16.1. The molecular formula is C20H14F2N2O2. The Labute approximate surface area is 148 Å². The summed E-state index contributed by atoms with van der Waals surface area (Å²) in [4.78, 5) is 25.0. The molecule has 0 aliphatic carbocycles. The van der Waals surface area contributed by atoms with Gasteiger partial charge in [-0.2, -0.15) is 0 Å². The van der Waals surface area contributed by atoms with Gasteiger partial charge in [-0.05, 0) is 22.3 Å². The lowest BCUT2D eigenvalue weighted by Crippen LogP contribution is -2.21. The predicted octanol–water partition coefficient (Wildman–Crippen LogP) is 3.01. The van der Waals surface area contributed by atoms with Crippen LogP contribution in [0.5, 0.6) is 0 Å². The van der Waals surface area contributed by atoms with Crippen LogP contribution in [-0.4, -0.2) is 11.8 Å². The average molecular weight is 352 g/mol. The molecule has 0 radical (unpaired) electrons. The van der Waals surface area contributed by atoms with Crippen molar-refractivity contribution in [3.8, 4) is 0 Å². The minimum Gasteiger partial charge on any atom is -0.321 e. The van der Waals surface area contributed by atoms with Crippen LogP contribution in [0.3, 0.4) is 0 Å². The van der Waals surface area contributed by atoms with Crippen molar-refractivity contribution in [3.63, 3.8) is 0 Å². The SMILES string of the molecule is O=C1NC(c2ccc(CF)cc2)=C2C(=O)NC(c3ccc(CF)cc3)=C12. The molecule has 0 saturated carbocycles. The molecule has 2 aliphatic heterocycles. The van der Waals surface area contributed by atoms with E-state index >= 15 is 0 Å². The largest absolute Gasteiger partial charge is 0.321 e. The van der Waals surface area contributed by atoms with E-state index in [2.05, 4.69) is 10.6 Å². The van der Waals surface area contributed by atoms with Crippen molar-refractivity contribution in [2.45, 2.75) is 13.3 Å². The van der Waals surface area contributed by atoms with Crippen LogP contribution in [0.15, 0.2) is 59.7 Å². The van der Waals surface area contributed by atoms with Gasteiger partial charge in [0.2, 0.25) is 0 Å². The van der Waals surface area contributed by atoms with Gasteiger partial charge >= 0.3 is 0 Å².